The molecule has 2 aromatic carbocycles. The summed E-state index contributed by atoms with van der Waals surface area (Å²) in [5.41, 5.74) is -0.404. The molecule has 2 N–H and O–H groups in total. The highest BCUT2D eigenvalue weighted by Gasteiger charge is 2.25. The van der Waals surface area contributed by atoms with Gasteiger partial charge in [0.2, 0.25) is 5.13 Å². The van der Waals surface area contributed by atoms with Crippen molar-refractivity contribution in [2.24, 2.45) is 0 Å². The molecule has 0 radical (unpaired) electrons. The summed E-state index contributed by atoms with van der Waals surface area (Å²) in [5, 5.41) is 25.6. The number of nitro benzene ring substituents is 1. The maximum absolute atomic E-state index is 12.9. The van der Waals surface area contributed by atoms with E-state index >= 15 is 0 Å². The molecule has 0 spiro atoms. The number of ether oxygens (including phenoxy) is 2. The minimum Gasteiger partial charge on any atom is -0.493 e. The molecule has 0 saturated heterocycles. The first-order chi connectivity index (χ1) is 15.4. The molecule has 32 heavy (non-hydrogen) atoms. The summed E-state index contributed by atoms with van der Waals surface area (Å²) in [6.45, 7) is 1.92. The van der Waals surface area contributed by atoms with Gasteiger partial charge in [-0.3, -0.25) is 25.0 Å². The lowest BCUT2D eigenvalue weighted by atomic mass is 10.1. The summed E-state index contributed by atoms with van der Waals surface area (Å²) >= 11 is 1.24. The molecule has 0 atom stereocenters. The number of nitrogens with one attached hydrogen (secondary N) is 2. The Balaban J connectivity index is 1.90. The number of carbonyl (C=O) groups is 2. The van der Waals surface area contributed by atoms with Gasteiger partial charge in [0.05, 0.1) is 36.5 Å². The second kappa shape index (κ2) is 9.83. The molecule has 3 aromatic rings. The highest BCUT2D eigenvalue weighted by Crippen LogP contribution is 2.35. The number of aryl methyl sites for hydroxylation is 1. The Bertz CT molecular complexity index is 1180. The molecule has 12 heteroatoms. The molecular weight excluding hydrogens is 438 g/mol. The highest BCUT2D eigenvalue weighted by atomic mass is 32.1. The third-order valence-corrected chi connectivity index (χ3v) is 5.34. The number of methoxy groups -OCH3 is 2. The fourth-order valence-electron chi connectivity index (χ4n) is 2.79. The van der Waals surface area contributed by atoms with E-state index in [-0.39, 0.29) is 28.3 Å². The van der Waals surface area contributed by atoms with Crippen LogP contribution in [0.2, 0.25) is 0 Å². The maximum atomic E-state index is 12.9. The zero-order valence-electron chi connectivity index (χ0n) is 17.4. The van der Waals surface area contributed by atoms with E-state index in [1.54, 1.807) is 12.1 Å². The minimum atomic E-state index is -0.790. The minimum absolute atomic E-state index is 0.110. The van der Waals surface area contributed by atoms with Gasteiger partial charge in [0.15, 0.2) is 11.5 Å². The first-order valence-corrected chi connectivity index (χ1v) is 10.1. The Kier molecular flexibility index (Phi) is 6.95. The van der Waals surface area contributed by atoms with E-state index < -0.39 is 22.4 Å². The van der Waals surface area contributed by atoms with E-state index in [1.807, 2.05) is 6.92 Å². The number of aromatic nitrogens is 2. The quantitative estimate of drug-likeness (QED) is 0.386. The third-order valence-electron chi connectivity index (χ3n) is 4.35. The molecule has 0 fully saturated rings. The Morgan fingerprint density at radius 3 is 2.31 bits per heavy atom. The monoisotopic (exact) mass is 457 g/mol. The Morgan fingerprint density at radius 2 is 1.69 bits per heavy atom. The number of carbonyl (C=O) groups excluding carboxylic acids is 2. The number of para-hydroxylation sites is 1. The Hall–Kier alpha value is -4.06. The van der Waals surface area contributed by atoms with Gasteiger partial charge in [-0.2, -0.15) is 0 Å². The first-order valence-electron chi connectivity index (χ1n) is 9.32. The molecule has 11 nitrogen and oxygen atoms in total. The first kappa shape index (κ1) is 22.6. The lowest BCUT2D eigenvalue weighted by molar-refractivity contribution is -0.385. The van der Waals surface area contributed by atoms with Crippen LogP contribution in [0.5, 0.6) is 11.5 Å². The van der Waals surface area contributed by atoms with Crippen LogP contribution in [0.25, 0.3) is 0 Å². The number of anilines is 2. The smallest absolute Gasteiger partial charge is 0.286 e. The molecular formula is C20H19N5O6S. The molecule has 0 aliphatic heterocycles. The zero-order chi connectivity index (χ0) is 23.3. The predicted octanol–water partition coefficient (Wildman–Crippen LogP) is 3.53. The number of nitro groups is 1. The number of nitrogens with zero attached hydrogens (tertiary/aromatic N) is 3. The van der Waals surface area contributed by atoms with Gasteiger partial charge in [-0.15, -0.1) is 10.2 Å². The van der Waals surface area contributed by atoms with E-state index in [4.69, 9.17) is 9.47 Å². The molecule has 166 valence electrons. The summed E-state index contributed by atoms with van der Waals surface area (Å²) in [7, 11) is 2.68. The summed E-state index contributed by atoms with van der Waals surface area (Å²) in [6.07, 6.45) is 0.685. The van der Waals surface area contributed by atoms with E-state index in [1.165, 1.54) is 43.8 Å². The van der Waals surface area contributed by atoms with Crippen LogP contribution in [0.4, 0.5) is 16.5 Å². The number of benzene rings is 2. The van der Waals surface area contributed by atoms with E-state index in [9.17, 15) is 19.7 Å². The van der Waals surface area contributed by atoms with Crippen molar-refractivity contribution in [1.82, 2.24) is 10.2 Å². The van der Waals surface area contributed by atoms with Gasteiger partial charge in [0.25, 0.3) is 17.5 Å². The largest absolute Gasteiger partial charge is 0.493 e. The van der Waals surface area contributed by atoms with Crippen molar-refractivity contribution in [2.75, 3.05) is 24.9 Å². The van der Waals surface area contributed by atoms with Gasteiger partial charge in [-0.05, 0) is 18.6 Å². The van der Waals surface area contributed by atoms with Gasteiger partial charge in [-0.25, -0.2) is 0 Å². The zero-order valence-corrected chi connectivity index (χ0v) is 18.2. The van der Waals surface area contributed by atoms with E-state index in [0.717, 1.165) is 11.1 Å². The van der Waals surface area contributed by atoms with E-state index in [2.05, 4.69) is 20.8 Å². The van der Waals surface area contributed by atoms with Gasteiger partial charge in [0, 0.05) is 6.07 Å². The Labute approximate surface area is 186 Å². The van der Waals surface area contributed by atoms with Crippen molar-refractivity contribution in [1.29, 1.82) is 0 Å². The van der Waals surface area contributed by atoms with Crippen LogP contribution < -0.4 is 20.1 Å². The molecule has 0 unspecified atom stereocenters. The van der Waals surface area contributed by atoms with Gasteiger partial charge in [-0.1, -0.05) is 30.4 Å². The molecule has 0 aliphatic carbocycles. The van der Waals surface area contributed by atoms with Crippen molar-refractivity contribution in [2.45, 2.75) is 13.3 Å². The van der Waals surface area contributed by atoms with Crippen LogP contribution in [0.15, 0.2) is 36.4 Å². The van der Waals surface area contributed by atoms with Crippen LogP contribution in [0, 0.1) is 10.1 Å². The number of hydrogen-bond donors (Lipinski definition) is 2. The van der Waals surface area contributed by atoms with Gasteiger partial charge >= 0.3 is 0 Å². The lowest BCUT2D eigenvalue weighted by Gasteiger charge is -2.13. The van der Waals surface area contributed by atoms with Crippen molar-refractivity contribution in [3.63, 3.8) is 0 Å². The number of hydrogen-bond acceptors (Lipinski definition) is 9. The molecule has 1 aromatic heterocycles. The fourth-order valence-corrected chi connectivity index (χ4v) is 3.47. The SMILES string of the molecule is CCc1nnc(NC(=O)c2ccccc2NC(=O)c2cc(OC)c(OC)cc2[N+](=O)[O-])s1. The highest BCUT2D eigenvalue weighted by molar-refractivity contribution is 7.15. The predicted molar refractivity (Wildman–Crippen MR) is 118 cm³/mol. The second-order valence-electron chi connectivity index (χ2n) is 6.29. The second-order valence-corrected chi connectivity index (χ2v) is 7.35. The van der Waals surface area contributed by atoms with Gasteiger partial charge in [0.1, 0.15) is 10.6 Å². The summed E-state index contributed by atoms with van der Waals surface area (Å²) in [4.78, 5) is 36.5. The van der Waals surface area contributed by atoms with Crippen molar-refractivity contribution in [3.05, 3.63) is 62.6 Å². The maximum Gasteiger partial charge on any atom is 0.286 e. The Morgan fingerprint density at radius 1 is 1.03 bits per heavy atom. The summed E-state index contributed by atoms with van der Waals surface area (Å²) in [6, 6.07) is 8.58. The molecule has 1 heterocycles. The topological polar surface area (TPSA) is 146 Å². The molecule has 0 bridgehead atoms. The lowest BCUT2D eigenvalue weighted by Crippen LogP contribution is -2.19. The van der Waals surface area contributed by atoms with Crippen molar-refractivity contribution < 1.29 is 24.0 Å². The average Bonchev–Trinajstić information content (AvgIpc) is 3.25. The summed E-state index contributed by atoms with van der Waals surface area (Å²) < 4.78 is 10.2. The van der Waals surface area contributed by atoms with Crippen molar-refractivity contribution in [3.8, 4) is 11.5 Å². The van der Waals surface area contributed by atoms with Crippen LogP contribution in [-0.2, 0) is 6.42 Å². The van der Waals surface area contributed by atoms with Crippen LogP contribution >= 0.6 is 11.3 Å². The van der Waals surface area contributed by atoms with Gasteiger partial charge < -0.3 is 14.8 Å². The number of amides is 2. The van der Waals surface area contributed by atoms with Crippen LogP contribution in [-0.4, -0.2) is 41.2 Å². The molecule has 0 aliphatic rings. The average molecular weight is 457 g/mol. The third kappa shape index (κ3) is 4.81. The number of rotatable bonds is 8. The van der Waals surface area contributed by atoms with Crippen LogP contribution in [0.1, 0.15) is 32.6 Å². The molecule has 3 rings (SSSR count). The fraction of sp³-hybridized carbons (Fsp3) is 0.200. The van der Waals surface area contributed by atoms with Crippen LogP contribution in [0.3, 0.4) is 0 Å². The molecule has 0 saturated carbocycles. The standard InChI is InChI=1S/C20H19N5O6S/c1-4-17-23-24-20(32-17)22-18(26)11-7-5-6-8-13(11)21-19(27)12-9-15(30-2)16(31-3)10-14(12)25(28)29/h5-10H,4H2,1-3H3,(H,21,27)(H,22,24,26). The van der Waals surface area contributed by atoms with Crippen molar-refractivity contribution >= 4 is 39.7 Å². The summed E-state index contributed by atoms with van der Waals surface area (Å²) in [5.74, 6) is -1.04. The normalized spacial score (nSPS) is 10.3. The molecule has 2 amide bonds. The van der Waals surface area contributed by atoms with E-state index in [0.29, 0.717) is 11.6 Å².